The van der Waals surface area contributed by atoms with Gasteiger partial charge in [0.25, 0.3) is 0 Å². The van der Waals surface area contributed by atoms with Crippen LogP contribution >= 0.6 is 11.8 Å². The van der Waals surface area contributed by atoms with E-state index in [1.807, 2.05) is 37.4 Å². The minimum absolute atomic E-state index is 0.432. The van der Waals surface area contributed by atoms with E-state index >= 15 is 0 Å². The van der Waals surface area contributed by atoms with Crippen molar-refractivity contribution in [3.63, 3.8) is 0 Å². The largest absolute Gasteiger partial charge is 0.481 e. The Hall–Kier alpha value is -1.88. The number of aryl methyl sites for hydroxylation is 1. The average Bonchev–Trinajstić information content (AvgIpc) is 2.44. The van der Waals surface area contributed by atoms with Crippen LogP contribution in [0.3, 0.4) is 0 Å². The summed E-state index contributed by atoms with van der Waals surface area (Å²) in [5.74, 6) is -1.51. The van der Waals surface area contributed by atoms with Gasteiger partial charge in [-0.3, -0.25) is 4.79 Å². The number of carboxylic acid groups (broad SMARTS) is 1. The fourth-order valence-corrected chi connectivity index (χ4v) is 2.44. The van der Waals surface area contributed by atoms with Gasteiger partial charge < -0.3 is 5.11 Å². The molecule has 5 heteroatoms. The van der Waals surface area contributed by atoms with Crippen molar-refractivity contribution in [1.82, 2.24) is 9.97 Å². The molecule has 0 bridgehead atoms. The quantitative estimate of drug-likeness (QED) is 0.677. The highest BCUT2D eigenvalue weighted by Crippen LogP contribution is 2.22. The number of aliphatic carboxylic acids is 1. The number of nitrogens with zero attached hydrogens (tertiary/aromatic N) is 2. The Labute approximate surface area is 122 Å². The lowest BCUT2D eigenvalue weighted by Crippen LogP contribution is -2.16. The monoisotopic (exact) mass is 288 g/mol. The maximum atomic E-state index is 11.5. The number of thioether (sulfide) groups is 1. The first-order chi connectivity index (χ1) is 9.60. The van der Waals surface area contributed by atoms with Crippen LogP contribution in [0.4, 0.5) is 0 Å². The third kappa shape index (κ3) is 3.57. The molecule has 0 aliphatic heterocycles. The first-order valence-corrected chi connectivity index (χ1v) is 7.47. The number of carbonyl (C=O) groups is 1. The van der Waals surface area contributed by atoms with Gasteiger partial charge >= 0.3 is 5.97 Å². The summed E-state index contributed by atoms with van der Waals surface area (Å²) in [6.45, 7) is 2.00. The summed E-state index contributed by atoms with van der Waals surface area (Å²) < 4.78 is 0. The van der Waals surface area contributed by atoms with Crippen LogP contribution in [0.5, 0.6) is 0 Å². The lowest BCUT2D eigenvalue weighted by Gasteiger charge is -2.12. The molecule has 0 spiro atoms. The van der Waals surface area contributed by atoms with Crippen LogP contribution in [-0.2, 0) is 11.2 Å². The van der Waals surface area contributed by atoms with Crippen molar-refractivity contribution >= 4 is 17.7 Å². The van der Waals surface area contributed by atoms with E-state index in [-0.39, 0.29) is 0 Å². The van der Waals surface area contributed by atoms with Crippen LogP contribution < -0.4 is 0 Å². The maximum Gasteiger partial charge on any atom is 0.312 e. The molecule has 1 heterocycles. The standard InChI is InChI=1S/C15H16N2O2S/c1-10-4-3-5-11(6-10)7-12(15(18)19)13-8-14(20-2)17-9-16-13/h3-6,8-9,12H,7H2,1-2H3,(H,18,19). The van der Waals surface area contributed by atoms with Crippen molar-refractivity contribution < 1.29 is 9.90 Å². The number of carboxylic acids is 1. The van der Waals surface area contributed by atoms with Gasteiger partial charge in [0.15, 0.2) is 0 Å². The smallest absolute Gasteiger partial charge is 0.312 e. The second-order valence-electron chi connectivity index (χ2n) is 4.57. The SMILES string of the molecule is CSc1cc(C(Cc2cccc(C)c2)C(=O)O)ncn1. The van der Waals surface area contributed by atoms with Gasteiger partial charge in [-0.15, -0.1) is 11.8 Å². The topological polar surface area (TPSA) is 63.1 Å². The van der Waals surface area contributed by atoms with Crippen LogP contribution in [0.1, 0.15) is 22.7 Å². The Morgan fingerprint density at radius 1 is 1.35 bits per heavy atom. The molecule has 0 saturated carbocycles. The van der Waals surface area contributed by atoms with E-state index in [1.165, 1.54) is 18.1 Å². The Morgan fingerprint density at radius 3 is 2.80 bits per heavy atom. The number of benzene rings is 1. The Kier molecular flexibility index (Phi) is 4.74. The Morgan fingerprint density at radius 2 is 2.15 bits per heavy atom. The van der Waals surface area contributed by atoms with E-state index in [2.05, 4.69) is 9.97 Å². The normalized spacial score (nSPS) is 12.1. The molecule has 0 amide bonds. The van der Waals surface area contributed by atoms with Crippen LogP contribution in [0.15, 0.2) is 41.7 Å². The molecule has 104 valence electrons. The third-order valence-corrected chi connectivity index (χ3v) is 3.69. The van der Waals surface area contributed by atoms with E-state index in [9.17, 15) is 9.90 Å². The van der Waals surface area contributed by atoms with E-state index in [0.717, 1.165) is 16.2 Å². The second kappa shape index (κ2) is 6.52. The number of hydrogen-bond donors (Lipinski definition) is 1. The van der Waals surface area contributed by atoms with Crippen LogP contribution in [0.2, 0.25) is 0 Å². The van der Waals surface area contributed by atoms with Gasteiger partial charge in [-0.2, -0.15) is 0 Å². The van der Waals surface area contributed by atoms with Crippen molar-refractivity contribution in [1.29, 1.82) is 0 Å². The molecule has 1 aromatic carbocycles. The van der Waals surface area contributed by atoms with E-state index < -0.39 is 11.9 Å². The molecule has 0 radical (unpaired) electrons. The van der Waals surface area contributed by atoms with Gasteiger partial charge in [0.1, 0.15) is 12.2 Å². The van der Waals surface area contributed by atoms with Gasteiger partial charge in [0, 0.05) is 0 Å². The molecule has 1 unspecified atom stereocenters. The van der Waals surface area contributed by atoms with E-state index in [1.54, 1.807) is 6.07 Å². The highest BCUT2D eigenvalue weighted by atomic mass is 32.2. The first-order valence-electron chi connectivity index (χ1n) is 6.24. The minimum atomic E-state index is -0.864. The average molecular weight is 288 g/mol. The fourth-order valence-electron chi connectivity index (χ4n) is 2.05. The predicted octanol–water partition coefficient (Wildman–Crippen LogP) is 2.92. The summed E-state index contributed by atoms with van der Waals surface area (Å²) in [5.41, 5.74) is 2.68. The summed E-state index contributed by atoms with van der Waals surface area (Å²) in [5, 5.41) is 10.2. The molecule has 0 aliphatic rings. The predicted molar refractivity (Wildman–Crippen MR) is 79.1 cm³/mol. The molecule has 2 aromatic rings. The Balaban J connectivity index is 2.29. The van der Waals surface area contributed by atoms with Gasteiger partial charge in [-0.1, -0.05) is 29.8 Å². The molecular weight excluding hydrogens is 272 g/mol. The number of hydrogen-bond acceptors (Lipinski definition) is 4. The molecule has 1 atom stereocenters. The number of aromatic nitrogens is 2. The molecule has 20 heavy (non-hydrogen) atoms. The summed E-state index contributed by atoms with van der Waals surface area (Å²) >= 11 is 1.48. The molecule has 0 fully saturated rings. The van der Waals surface area contributed by atoms with Crippen molar-refractivity contribution in [3.05, 3.63) is 53.5 Å². The molecule has 0 saturated heterocycles. The zero-order chi connectivity index (χ0) is 14.5. The lowest BCUT2D eigenvalue weighted by atomic mass is 9.95. The van der Waals surface area contributed by atoms with Crippen molar-refractivity contribution in [2.24, 2.45) is 0 Å². The van der Waals surface area contributed by atoms with Crippen LogP contribution in [0.25, 0.3) is 0 Å². The molecular formula is C15H16N2O2S. The molecule has 1 N–H and O–H groups in total. The van der Waals surface area contributed by atoms with Gasteiger partial charge in [-0.25, -0.2) is 9.97 Å². The van der Waals surface area contributed by atoms with Crippen molar-refractivity contribution in [2.45, 2.75) is 24.3 Å². The van der Waals surface area contributed by atoms with Crippen molar-refractivity contribution in [2.75, 3.05) is 6.26 Å². The molecule has 2 rings (SSSR count). The first kappa shape index (κ1) is 14.5. The number of rotatable bonds is 5. The lowest BCUT2D eigenvalue weighted by molar-refractivity contribution is -0.138. The molecule has 1 aromatic heterocycles. The Bertz CT molecular complexity index is 616. The second-order valence-corrected chi connectivity index (χ2v) is 5.40. The maximum absolute atomic E-state index is 11.5. The highest BCUT2D eigenvalue weighted by molar-refractivity contribution is 7.98. The summed E-state index contributed by atoms with van der Waals surface area (Å²) in [7, 11) is 0. The van der Waals surface area contributed by atoms with Crippen LogP contribution in [0, 0.1) is 6.92 Å². The highest BCUT2D eigenvalue weighted by Gasteiger charge is 2.22. The third-order valence-electron chi connectivity index (χ3n) is 3.05. The summed E-state index contributed by atoms with van der Waals surface area (Å²) in [6.07, 6.45) is 3.76. The molecule has 4 nitrogen and oxygen atoms in total. The van der Waals surface area contributed by atoms with E-state index in [4.69, 9.17) is 0 Å². The minimum Gasteiger partial charge on any atom is -0.481 e. The summed E-state index contributed by atoms with van der Waals surface area (Å²) in [6, 6.07) is 9.64. The summed E-state index contributed by atoms with van der Waals surface area (Å²) in [4.78, 5) is 19.7. The van der Waals surface area contributed by atoms with Crippen LogP contribution in [-0.4, -0.2) is 27.3 Å². The van der Waals surface area contributed by atoms with Crippen molar-refractivity contribution in [3.8, 4) is 0 Å². The van der Waals surface area contributed by atoms with Gasteiger partial charge in [0.05, 0.1) is 10.7 Å². The van der Waals surface area contributed by atoms with E-state index in [0.29, 0.717) is 12.1 Å². The fraction of sp³-hybridized carbons (Fsp3) is 0.267. The zero-order valence-corrected chi connectivity index (χ0v) is 12.2. The molecule has 0 aliphatic carbocycles. The zero-order valence-electron chi connectivity index (χ0n) is 11.4. The van der Waals surface area contributed by atoms with Gasteiger partial charge in [-0.05, 0) is 31.2 Å². The van der Waals surface area contributed by atoms with Gasteiger partial charge in [0.2, 0.25) is 0 Å².